The van der Waals surface area contributed by atoms with Crippen LogP contribution in [-0.2, 0) is 0 Å². The lowest BCUT2D eigenvalue weighted by atomic mass is 10.1. The molecule has 0 spiro atoms. The monoisotopic (exact) mass is 440 g/mol. The number of fused-ring (bicyclic) bond motifs is 1. The molecule has 0 atom stereocenters. The van der Waals surface area contributed by atoms with E-state index in [9.17, 15) is 0 Å². The number of hydrogen-bond acceptors (Lipinski definition) is 5. The third kappa shape index (κ3) is 3.66. The van der Waals surface area contributed by atoms with Crippen LogP contribution in [0.3, 0.4) is 0 Å². The van der Waals surface area contributed by atoms with Crippen molar-refractivity contribution >= 4 is 56.3 Å². The first kappa shape index (κ1) is 18.7. The molecular weight excluding hydrogens is 423 g/mol. The lowest BCUT2D eigenvalue weighted by molar-refractivity contribution is 0.649. The molecule has 4 aromatic rings. The van der Waals surface area contributed by atoms with E-state index in [1.807, 2.05) is 30.3 Å². The van der Waals surface area contributed by atoms with Crippen molar-refractivity contribution in [3.8, 4) is 11.1 Å². The third-order valence-corrected chi connectivity index (χ3v) is 6.54. The summed E-state index contributed by atoms with van der Waals surface area (Å²) in [5.41, 5.74) is 3.49. The molecule has 0 unspecified atom stereocenters. The number of halogens is 2. The number of rotatable bonds is 3. The highest BCUT2D eigenvalue weighted by atomic mass is 35.5. The molecule has 1 aliphatic rings. The average Bonchev–Trinajstić information content (AvgIpc) is 3.18. The minimum atomic E-state index is 0.294. The number of hydrogen-bond donors (Lipinski definition) is 0. The lowest BCUT2D eigenvalue weighted by Gasteiger charge is -2.37. The van der Waals surface area contributed by atoms with Crippen LogP contribution >= 0.6 is 34.5 Å². The van der Waals surface area contributed by atoms with E-state index in [1.165, 1.54) is 5.69 Å². The number of aromatic nitrogens is 2. The maximum Gasteiger partial charge on any atom is 0.225 e. The van der Waals surface area contributed by atoms with Crippen molar-refractivity contribution in [2.24, 2.45) is 0 Å². The molecule has 1 aliphatic heterocycles. The van der Waals surface area contributed by atoms with Crippen LogP contribution in [0.2, 0.25) is 10.3 Å². The first-order valence-electron chi connectivity index (χ1n) is 9.45. The zero-order valence-corrected chi connectivity index (χ0v) is 17.9. The van der Waals surface area contributed by atoms with Crippen LogP contribution in [0.15, 0.2) is 60.0 Å². The standard InChI is InChI=1S/C22H18Cl2N4S/c23-16-8-6-15(7-9-16)18-14-29-21-19(18)20(25-22(24)26-21)28-12-10-27(11-13-28)17-4-2-1-3-5-17/h1-9,14H,10-13H2. The van der Waals surface area contributed by atoms with Gasteiger partial charge in [0.05, 0.1) is 5.39 Å². The molecule has 1 fully saturated rings. The lowest BCUT2D eigenvalue weighted by Crippen LogP contribution is -2.47. The number of para-hydroxylation sites is 1. The molecule has 1 saturated heterocycles. The van der Waals surface area contributed by atoms with E-state index in [1.54, 1.807) is 11.3 Å². The van der Waals surface area contributed by atoms with Crippen molar-refractivity contribution in [1.29, 1.82) is 0 Å². The molecular formula is C22H18Cl2N4S. The molecule has 29 heavy (non-hydrogen) atoms. The number of benzene rings is 2. The Morgan fingerprint density at radius 3 is 2.21 bits per heavy atom. The molecule has 0 N–H and O–H groups in total. The Labute approximate surface area is 183 Å². The van der Waals surface area contributed by atoms with Gasteiger partial charge in [-0.15, -0.1) is 11.3 Å². The Morgan fingerprint density at radius 1 is 0.793 bits per heavy atom. The number of thiophene rings is 1. The Bertz CT molecular complexity index is 1140. The molecule has 0 radical (unpaired) electrons. The van der Waals surface area contributed by atoms with E-state index in [4.69, 9.17) is 23.2 Å². The zero-order chi connectivity index (χ0) is 19.8. The van der Waals surface area contributed by atoms with Crippen LogP contribution in [-0.4, -0.2) is 36.1 Å². The number of anilines is 2. The molecule has 2 aromatic carbocycles. The highest BCUT2D eigenvalue weighted by Crippen LogP contribution is 2.39. The maximum atomic E-state index is 6.27. The van der Waals surface area contributed by atoms with Crippen molar-refractivity contribution in [2.45, 2.75) is 0 Å². The van der Waals surface area contributed by atoms with Gasteiger partial charge < -0.3 is 9.80 Å². The second-order valence-corrected chi connectivity index (χ2v) is 8.59. The zero-order valence-electron chi connectivity index (χ0n) is 15.6. The van der Waals surface area contributed by atoms with E-state index in [0.29, 0.717) is 5.28 Å². The van der Waals surface area contributed by atoms with Crippen LogP contribution < -0.4 is 9.80 Å². The van der Waals surface area contributed by atoms with Crippen molar-refractivity contribution in [1.82, 2.24) is 9.97 Å². The molecule has 0 saturated carbocycles. The van der Waals surface area contributed by atoms with Crippen molar-refractivity contribution in [2.75, 3.05) is 36.0 Å². The highest BCUT2D eigenvalue weighted by Gasteiger charge is 2.23. The van der Waals surface area contributed by atoms with E-state index in [0.717, 1.165) is 58.4 Å². The van der Waals surface area contributed by atoms with Crippen molar-refractivity contribution < 1.29 is 0 Å². The van der Waals surface area contributed by atoms with Gasteiger partial charge >= 0.3 is 0 Å². The Balaban J connectivity index is 1.50. The minimum Gasteiger partial charge on any atom is -0.368 e. The molecule has 0 amide bonds. The van der Waals surface area contributed by atoms with Gasteiger partial charge in [-0.1, -0.05) is 41.9 Å². The van der Waals surface area contributed by atoms with Gasteiger partial charge in [0.2, 0.25) is 5.28 Å². The van der Waals surface area contributed by atoms with E-state index in [2.05, 4.69) is 49.4 Å². The van der Waals surface area contributed by atoms with E-state index in [-0.39, 0.29) is 0 Å². The second kappa shape index (κ2) is 7.82. The summed E-state index contributed by atoms with van der Waals surface area (Å²) >= 11 is 13.9. The summed E-state index contributed by atoms with van der Waals surface area (Å²) in [5.74, 6) is 0.916. The van der Waals surface area contributed by atoms with Gasteiger partial charge in [-0.2, -0.15) is 4.98 Å². The van der Waals surface area contributed by atoms with Crippen LogP contribution in [0.5, 0.6) is 0 Å². The van der Waals surface area contributed by atoms with Gasteiger partial charge in [0, 0.05) is 47.8 Å². The smallest absolute Gasteiger partial charge is 0.225 e. The van der Waals surface area contributed by atoms with Gasteiger partial charge in [0.25, 0.3) is 0 Å². The summed E-state index contributed by atoms with van der Waals surface area (Å²) in [4.78, 5) is 14.7. The fourth-order valence-corrected chi connectivity index (χ4v) is 5.07. The third-order valence-electron chi connectivity index (χ3n) is 5.24. The first-order valence-corrected chi connectivity index (χ1v) is 11.1. The topological polar surface area (TPSA) is 32.3 Å². The van der Waals surface area contributed by atoms with Crippen LogP contribution in [0, 0.1) is 0 Å². The highest BCUT2D eigenvalue weighted by molar-refractivity contribution is 7.17. The maximum absolute atomic E-state index is 6.27. The summed E-state index contributed by atoms with van der Waals surface area (Å²) in [6, 6.07) is 18.4. The Kier molecular flexibility index (Phi) is 5.04. The predicted molar refractivity (Wildman–Crippen MR) is 124 cm³/mol. The SMILES string of the molecule is Clc1ccc(-c2csc3nc(Cl)nc(N4CCN(c5ccccc5)CC4)c23)cc1. The van der Waals surface area contributed by atoms with Crippen LogP contribution in [0.25, 0.3) is 21.3 Å². The fourth-order valence-electron chi connectivity index (χ4n) is 3.78. The van der Waals surface area contributed by atoms with Gasteiger partial charge in [0.15, 0.2) is 0 Å². The summed E-state index contributed by atoms with van der Waals surface area (Å²) in [5, 5.41) is 4.21. The van der Waals surface area contributed by atoms with Gasteiger partial charge in [0.1, 0.15) is 10.6 Å². The molecule has 0 bridgehead atoms. The summed E-state index contributed by atoms with van der Waals surface area (Å²) in [7, 11) is 0. The van der Waals surface area contributed by atoms with Gasteiger partial charge in [-0.25, -0.2) is 4.98 Å². The largest absolute Gasteiger partial charge is 0.368 e. The quantitative estimate of drug-likeness (QED) is 0.366. The van der Waals surface area contributed by atoms with Gasteiger partial charge in [-0.05, 0) is 41.4 Å². The first-order chi connectivity index (χ1) is 14.2. The number of piperazine rings is 1. The predicted octanol–water partition coefficient (Wildman–Crippen LogP) is 5.99. The molecule has 7 heteroatoms. The minimum absolute atomic E-state index is 0.294. The molecule has 4 nitrogen and oxygen atoms in total. The van der Waals surface area contributed by atoms with Crippen LogP contribution in [0.1, 0.15) is 0 Å². The molecule has 0 aliphatic carbocycles. The summed E-state index contributed by atoms with van der Waals surface area (Å²) < 4.78 is 0. The van der Waals surface area contributed by atoms with Crippen molar-refractivity contribution in [3.63, 3.8) is 0 Å². The second-order valence-electron chi connectivity index (χ2n) is 6.96. The van der Waals surface area contributed by atoms with Gasteiger partial charge in [-0.3, -0.25) is 0 Å². The average molecular weight is 441 g/mol. The molecule has 5 rings (SSSR count). The van der Waals surface area contributed by atoms with Crippen molar-refractivity contribution in [3.05, 3.63) is 70.3 Å². The normalized spacial score (nSPS) is 14.6. The van der Waals surface area contributed by atoms with Crippen LogP contribution in [0.4, 0.5) is 11.5 Å². The molecule has 146 valence electrons. The summed E-state index contributed by atoms with van der Waals surface area (Å²) in [6.45, 7) is 3.64. The Morgan fingerprint density at radius 2 is 1.48 bits per heavy atom. The van der Waals surface area contributed by atoms with E-state index >= 15 is 0 Å². The molecule has 2 aromatic heterocycles. The fraction of sp³-hybridized carbons (Fsp3) is 0.182. The van der Waals surface area contributed by atoms with E-state index < -0.39 is 0 Å². The number of nitrogens with zero attached hydrogens (tertiary/aromatic N) is 4. The molecule has 3 heterocycles. The summed E-state index contributed by atoms with van der Waals surface area (Å²) in [6.07, 6.45) is 0. The Hall–Kier alpha value is -2.34.